The SMILES string of the molecule is CC(C)(C)NS(=O)(=O)c1ccc(C(=O)N(Cc2c(F)cccc2Cl)C2CC2)cc1. The zero-order chi connectivity index (χ0) is 21.4. The van der Waals surface area contributed by atoms with E-state index < -0.39 is 21.4 Å². The smallest absolute Gasteiger partial charge is 0.254 e. The number of amides is 1. The zero-order valence-electron chi connectivity index (χ0n) is 16.6. The molecule has 0 aliphatic heterocycles. The van der Waals surface area contributed by atoms with E-state index >= 15 is 0 Å². The summed E-state index contributed by atoms with van der Waals surface area (Å²) in [6, 6.07) is 10.2. The first kappa shape index (κ1) is 21.7. The van der Waals surface area contributed by atoms with Crippen molar-refractivity contribution >= 4 is 27.5 Å². The molecule has 0 spiro atoms. The second-order valence-corrected chi connectivity index (χ2v) is 10.3. The zero-order valence-corrected chi connectivity index (χ0v) is 18.1. The van der Waals surface area contributed by atoms with Crippen molar-refractivity contribution in [2.45, 2.75) is 56.6 Å². The van der Waals surface area contributed by atoms with Gasteiger partial charge in [-0.25, -0.2) is 17.5 Å². The van der Waals surface area contributed by atoms with Crippen molar-refractivity contribution in [3.8, 4) is 0 Å². The lowest BCUT2D eigenvalue weighted by Crippen LogP contribution is -2.40. The van der Waals surface area contributed by atoms with E-state index in [1.165, 1.54) is 36.4 Å². The van der Waals surface area contributed by atoms with Crippen LogP contribution in [-0.4, -0.2) is 30.8 Å². The van der Waals surface area contributed by atoms with E-state index in [4.69, 9.17) is 11.6 Å². The van der Waals surface area contributed by atoms with Crippen molar-refractivity contribution in [2.75, 3.05) is 0 Å². The summed E-state index contributed by atoms with van der Waals surface area (Å²) < 4.78 is 41.6. The molecule has 0 aromatic heterocycles. The summed E-state index contributed by atoms with van der Waals surface area (Å²) in [7, 11) is -3.69. The van der Waals surface area contributed by atoms with Crippen molar-refractivity contribution < 1.29 is 17.6 Å². The molecule has 1 aliphatic rings. The van der Waals surface area contributed by atoms with Crippen LogP contribution in [0.15, 0.2) is 47.4 Å². The van der Waals surface area contributed by atoms with E-state index in [9.17, 15) is 17.6 Å². The van der Waals surface area contributed by atoms with Crippen LogP contribution >= 0.6 is 11.6 Å². The van der Waals surface area contributed by atoms with Crippen molar-refractivity contribution in [2.24, 2.45) is 0 Å². The summed E-state index contributed by atoms with van der Waals surface area (Å²) in [6.07, 6.45) is 1.69. The molecule has 0 radical (unpaired) electrons. The predicted molar refractivity (Wildman–Crippen MR) is 111 cm³/mol. The molecule has 1 N–H and O–H groups in total. The third kappa shape index (κ3) is 5.35. The molecule has 156 valence electrons. The number of nitrogens with zero attached hydrogens (tertiary/aromatic N) is 1. The van der Waals surface area contributed by atoms with Gasteiger partial charge in [-0.15, -0.1) is 0 Å². The lowest BCUT2D eigenvalue weighted by molar-refractivity contribution is 0.0728. The summed E-state index contributed by atoms with van der Waals surface area (Å²) in [6.45, 7) is 5.33. The molecule has 2 aromatic carbocycles. The average molecular weight is 439 g/mol. The summed E-state index contributed by atoms with van der Waals surface area (Å²) in [5, 5.41) is 0.276. The molecule has 0 heterocycles. The van der Waals surface area contributed by atoms with Gasteiger partial charge < -0.3 is 4.90 Å². The van der Waals surface area contributed by atoms with Gasteiger partial charge in [0.25, 0.3) is 5.91 Å². The number of carbonyl (C=O) groups is 1. The van der Waals surface area contributed by atoms with Crippen LogP contribution in [0.2, 0.25) is 5.02 Å². The van der Waals surface area contributed by atoms with Gasteiger partial charge in [0.2, 0.25) is 10.0 Å². The van der Waals surface area contributed by atoms with Crippen LogP contribution < -0.4 is 4.72 Å². The average Bonchev–Trinajstić information content (AvgIpc) is 3.44. The Morgan fingerprint density at radius 1 is 1.17 bits per heavy atom. The number of sulfonamides is 1. The quantitative estimate of drug-likeness (QED) is 0.728. The minimum Gasteiger partial charge on any atom is -0.331 e. The highest BCUT2D eigenvalue weighted by atomic mass is 35.5. The normalized spacial score (nSPS) is 14.7. The molecular weight excluding hydrogens is 415 g/mol. The van der Waals surface area contributed by atoms with Gasteiger partial charge in [0.05, 0.1) is 11.4 Å². The Balaban J connectivity index is 1.83. The molecule has 2 aromatic rings. The van der Waals surface area contributed by atoms with Crippen LogP contribution in [0.4, 0.5) is 4.39 Å². The Morgan fingerprint density at radius 3 is 2.31 bits per heavy atom. The third-order valence-corrected chi connectivity index (χ3v) is 6.62. The number of hydrogen-bond donors (Lipinski definition) is 1. The van der Waals surface area contributed by atoms with Crippen LogP contribution in [0.3, 0.4) is 0 Å². The van der Waals surface area contributed by atoms with Crippen LogP contribution in [0, 0.1) is 5.82 Å². The van der Waals surface area contributed by atoms with Crippen molar-refractivity contribution in [3.63, 3.8) is 0 Å². The van der Waals surface area contributed by atoms with Gasteiger partial charge in [0.15, 0.2) is 0 Å². The molecule has 0 saturated heterocycles. The molecule has 0 atom stereocenters. The maximum Gasteiger partial charge on any atom is 0.254 e. The number of rotatable bonds is 6. The molecular formula is C21H24ClFN2O3S. The standard InChI is InChI=1S/C21H24ClFN2O3S/c1-21(2,3)24-29(27,28)16-11-7-14(8-12-16)20(26)25(15-9-10-15)13-17-18(22)5-4-6-19(17)23/h4-8,11-12,15,24H,9-10,13H2,1-3H3. The van der Waals surface area contributed by atoms with Gasteiger partial charge in [-0.3, -0.25) is 4.79 Å². The first-order valence-electron chi connectivity index (χ1n) is 9.36. The first-order valence-corrected chi connectivity index (χ1v) is 11.2. The number of halogens is 2. The Morgan fingerprint density at radius 2 is 1.79 bits per heavy atom. The van der Waals surface area contributed by atoms with E-state index in [0.29, 0.717) is 5.56 Å². The van der Waals surface area contributed by atoms with E-state index in [2.05, 4.69) is 4.72 Å². The molecule has 1 amide bonds. The molecule has 1 aliphatic carbocycles. The fourth-order valence-electron chi connectivity index (χ4n) is 3.01. The molecule has 5 nitrogen and oxygen atoms in total. The van der Waals surface area contributed by atoms with Crippen molar-refractivity contribution in [3.05, 3.63) is 64.4 Å². The van der Waals surface area contributed by atoms with Crippen LogP contribution in [0.25, 0.3) is 0 Å². The highest BCUT2D eigenvalue weighted by Gasteiger charge is 2.34. The van der Waals surface area contributed by atoms with Crippen LogP contribution in [0.5, 0.6) is 0 Å². The molecule has 0 bridgehead atoms. The van der Waals surface area contributed by atoms with E-state index in [-0.39, 0.29) is 34.0 Å². The summed E-state index contributed by atoms with van der Waals surface area (Å²) in [5.41, 5.74) is 0.0110. The van der Waals surface area contributed by atoms with Gasteiger partial charge in [0.1, 0.15) is 5.82 Å². The minimum absolute atomic E-state index is 0.0316. The maximum absolute atomic E-state index is 14.2. The summed E-state index contributed by atoms with van der Waals surface area (Å²) >= 11 is 6.12. The highest BCUT2D eigenvalue weighted by Crippen LogP contribution is 2.32. The van der Waals surface area contributed by atoms with E-state index in [0.717, 1.165) is 12.8 Å². The Labute approximate surface area is 175 Å². The third-order valence-electron chi connectivity index (χ3n) is 4.49. The topological polar surface area (TPSA) is 66.5 Å². The number of hydrogen-bond acceptors (Lipinski definition) is 3. The second-order valence-electron chi connectivity index (χ2n) is 8.24. The molecule has 1 fully saturated rings. The van der Waals surface area contributed by atoms with Crippen LogP contribution in [-0.2, 0) is 16.6 Å². The van der Waals surface area contributed by atoms with Gasteiger partial charge in [-0.1, -0.05) is 17.7 Å². The van der Waals surface area contributed by atoms with Crippen LogP contribution in [0.1, 0.15) is 49.5 Å². The fourth-order valence-corrected chi connectivity index (χ4v) is 4.65. The molecule has 1 saturated carbocycles. The van der Waals surface area contributed by atoms with Gasteiger partial charge in [0, 0.05) is 27.7 Å². The van der Waals surface area contributed by atoms with Gasteiger partial charge in [-0.05, 0) is 70.0 Å². The minimum atomic E-state index is -3.69. The van der Waals surface area contributed by atoms with Crippen molar-refractivity contribution in [1.29, 1.82) is 0 Å². The maximum atomic E-state index is 14.2. The number of benzene rings is 2. The number of nitrogens with one attached hydrogen (secondary N) is 1. The summed E-state index contributed by atoms with van der Waals surface area (Å²) in [5.74, 6) is -0.731. The predicted octanol–water partition coefficient (Wildman–Crippen LogP) is 4.36. The molecule has 8 heteroatoms. The highest BCUT2D eigenvalue weighted by molar-refractivity contribution is 7.89. The lowest BCUT2D eigenvalue weighted by Gasteiger charge is -2.24. The molecule has 0 unspecified atom stereocenters. The summed E-state index contributed by atoms with van der Waals surface area (Å²) in [4.78, 5) is 14.7. The van der Waals surface area contributed by atoms with Crippen molar-refractivity contribution in [1.82, 2.24) is 9.62 Å². The Kier molecular flexibility index (Phi) is 6.03. The molecule has 29 heavy (non-hydrogen) atoms. The molecule has 3 rings (SSSR count). The Hall–Kier alpha value is -1.96. The van der Waals surface area contributed by atoms with E-state index in [1.807, 2.05) is 0 Å². The van der Waals surface area contributed by atoms with E-state index in [1.54, 1.807) is 31.7 Å². The largest absolute Gasteiger partial charge is 0.331 e. The monoisotopic (exact) mass is 438 g/mol. The Bertz CT molecular complexity index is 993. The fraction of sp³-hybridized carbons (Fsp3) is 0.381. The van der Waals surface area contributed by atoms with Gasteiger partial charge >= 0.3 is 0 Å². The number of carbonyl (C=O) groups excluding carboxylic acids is 1. The first-order chi connectivity index (χ1) is 13.5. The second kappa shape index (κ2) is 8.05. The van der Waals surface area contributed by atoms with Gasteiger partial charge in [-0.2, -0.15) is 0 Å². The lowest BCUT2D eigenvalue weighted by atomic mass is 10.1.